The third-order valence-electron chi connectivity index (χ3n) is 4.14. The highest BCUT2D eigenvalue weighted by atomic mass is 16.2. The van der Waals surface area contributed by atoms with Crippen molar-refractivity contribution < 1.29 is 4.79 Å². The van der Waals surface area contributed by atoms with Crippen molar-refractivity contribution in [2.24, 2.45) is 5.73 Å². The van der Waals surface area contributed by atoms with Gasteiger partial charge in [0.25, 0.3) is 0 Å². The number of hydrogen-bond acceptors (Lipinski definition) is 3. The molecule has 2 atom stereocenters. The first-order valence-electron chi connectivity index (χ1n) is 7.37. The summed E-state index contributed by atoms with van der Waals surface area (Å²) in [5.41, 5.74) is 5.81. The number of amides is 1. The molecule has 2 unspecified atom stereocenters. The minimum absolute atomic E-state index is 0.149. The second-order valence-corrected chi connectivity index (χ2v) is 5.42. The van der Waals surface area contributed by atoms with Gasteiger partial charge in [-0.2, -0.15) is 0 Å². The first-order chi connectivity index (χ1) is 8.62. The lowest BCUT2D eigenvalue weighted by molar-refractivity contribution is -0.124. The molecule has 3 N–H and O–H groups in total. The second-order valence-electron chi connectivity index (χ2n) is 5.42. The molecule has 1 amide bonds. The van der Waals surface area contributed by atoms with Crippen LogP contribution in [-0.2, 0) is 4.79 Å². The van der Waals surface area contributed by atoms with Crippen molar-refractivity contribution in [1.82, 2.24) is 10.2 Å². The van der Waals surface area contributed by atoms with Crippen molar-refractivity contribution in [1.29, 1.82) is 0 Å². The summed E-state index contributed by atoms with van der Waals surface area (Å²) in [5, 5.41) is 3.11. The van der Waals surface area contributed by atoms with E-state index in [1.165, 1.54) is 12.8 Å². The van der Waals surface area contributed by atoms with Gasteiger partial charge in [-0.05, 0) is 32.6 Å². The van der Waals surface area contributed by atoms with Crippen molar-refractivity contribution in [2.75, 3.05) is 13.1 Å². The molecule has 4 nitrogen and oxygen atoms in total. The SMILES string of the molecule is CCC(CC)NC(=O)CN1C(C)CCCC1CN. The summed E-state index contributed by atoms with van der Waals surface area (Å²) in [6, 6.07) is 1.16. The summed E-state index contributed by atoms with van der Waals surface area (Å²) in [6.07, 6.45) is 5.53. The van der Waals surface area contributed by atoms with Crippen LogP contribution < -0.4 is 11.1 Å². The number of nitrogens with one attached hydrogen (secondary N) is 1. The van der Waals surface area contributed by atoms with Crippen molar-refractivity contribution >= 4 is 5.91 Å². The van der Waals surface area contributed by atoms with Crippen LogP contribution in [0.2, 0.25) is 0 Å². The van der Waals surface area contributed by atoms with E-state index in [0.29, 0.717) is 31.2 Å². The number of piperidine rings is 1. The van der Waals surface area contributed by atoms with Crippen molar-refractivity contribution in [3.05, 3.63) is 0 Å². The standard InChI is InChI=1S/C14H29N3O/c1-4-12(5-2)16-14(18)10-17-11(3)7-6-8-13(17)9-15/h11-13H,4-10,15H2,1-3H3,(H,16,18). The van der Waals surface area contributed by atoms with Crippen molar-refractivity contribution in [3.63, 3.8) is 0 Å². The highest BCUT2D eigenvalue weighted by Gasteiger charge is 2.28. The highest BCUT2D eigenvalue weighted by Crippen LogP contribution is 2.21. The lowest BCUT2D eigenvalue weighted by Crippen LogP contribution is -2.53. The fourth-order valence-electron chi connectivity index (χ4n) is 2.81. The molecule has 106 valence electrons. The Labute approximate surface area is 111 Å². The molecule has 1 fully saturated rings. The lowest BCUT2D eigenvalue weighted by Gasteiger charge is -2.39. The molecule has 0 aromatic rings. The molecule has 0 bridgehead atoms. The average molecular weight is 255 g/mol. The minimum atomic E-state index is 0.149. The molecule has 18 heavy (non-hydrogen) atoms. The molecule has 0 saturated carbocycles. The molecule has 0 aromatic heterocycles. The van der Waals surface area contributed by atoms with E-state index in [2.05, 4.69) is 31.0 Å². The highest BCUT2D eigenvalue weighted by molar-refractivity contribution is 5.78. The molecule has 4 heteroatoms. The first kappa shape index (κ1) is 15.4. The predicted octanol–water partition coefficient (Wildman–Crippen LogP) is 1.49. The van der Waals surface area contributed by atoms with Gasteiger partial charge in [0.2, 0.25) is 5.91 Å². The first-order valence-corrected chi connectivity index (χ1v) is 7.37. The molecular weight excluding hydrogens is 226 g/mol. The Kier molecular flexibility index (Phi) is 6.65. The zero-order valence-corrected chi connectivity index (χ0v) is 12.1. The van der Waals surface area contributed by atoms with Crippen molar-refractivity contribution in [2.45, 2.75) is 71.0 Å². The largest absolute Gasteiger partial charge is 0.352 e. The maximum absolute atomic E-state index is 12.1. The molecule has 0 aromatic carbocycles. The number of carbonyl (C=O) groups excluding carboxylic acids is 1. The van der Waals surface area contributed by atoms with Crippen LogP contribution in [0.1, 0.15) is 52.9 Å². The van der Waals surface area contributed by atoms with Crippen molar-refractivity contribution in [3.8, 4) is 0 Å². The summed E-state index contributed by atoms with van der Waals surface area (Å²) < 4.78 is 0. The van der Waals surface area contributed by atoms with Gasteiger partial charge in [-0.25, -0.2) is 0 Å². The van der Waals surface area contributed by atoms with Crippen LogP contribution in [0.3, 0.4) is 0 Å². The smallest absolute Gasteiger partial charge is 0.234 e. The van der Waals surface area contributed by atoms with Gasteiger partial charge in [-0.15, -0.1) is 0 Å². The summed E-state index contributed by atoms with van der Waals surface area (Å²) in [4.78, 5) is 14.3. The molecule has 1 heterocycles. The second kappa shape index (κ2) is 7.74. The topological polar surface area (TPSA) is 58.4 Å². The summed E-state index contributed by atoms with van der Waals surface area (Å²) >= 11 is 0. The Morgan fingerprint density at radius 2 is 2.06 bits per heavy atom. The Hall–Kier alpha value is -0.610. The van der Waals surface area contributed by atoms with Crippen LogP contribution in [0.5, 0.6) is 0 Å². The van der Waals surface area contributed by atoms with Gasteiger partial charge < -0.3 is 11.1 Å². The van der Waals surface area contributed by atoms with Crippen LogP contribution in [0.15, 0.2) is 0 Å². The van der Waals surface area contributed by atoms with Gasteiger partial charge in [-0.1, -0.05) is 20.3 Å². The maximum atomic E-state index is 12.1. The summed E-state index contributed by atoms with van der Waals surface area (Å²) in [5.74, 6) is 0.149. The van der Waals surface area contributed by atoms with Gasteiger partial charge in [0.1, 0.15) is 0 Å². The fourth-order valence-corrected chi connectivity index (χ4v) is 2.81. The minimum Gasteiger partial charge on any atom is -0.352 e. The van der Waals surface area contributed by atoms with Crippen LogP contribution in [0, 0.1) is 0 Å². The zero-order chi connectivity index (χ0) is 13.5. The van der Waals surface area contributed by atoms with Gasteiger partial charge in [-0.3, -0.25) is 9.69 Å². The average Bonchev–Trinajstić information content (AvgIpc) is 2.38. The van der Waals surface area contributed by atoms with E-state index in [-0.39, 0.29) is 5.91 Å². The molecular formula is C14H29N3O. The Morgan fingerprint density at radius 1 is 1.39 bits per heavy atom. The Morgan fingerprint density at radius 3 is 2.61 bits per heavy atom. The van der Waals surface area contributed by atoms with Crippen LogP contribution in [0.25, 0.3) is 0 Å². The lowest BCUT2D eigenvalue weighted by atomic mass is 9.96. The third-order valence-corrected chi connectivity index (χ3v) is 4.14. The van der Waals surface area contributed by atoms with E-state index in [9.17, 15) is 4.79 Å². The normalized spacial score (nSPS) is 25.4. The molecule has 0 radical (unpaired) electrons. The molecule has 0 spiro atoms. The van der Waals surface area contributed by atoms with Gasteiger partial charge in [0.05, 0.1) is 6.54 Å². The molecule has 1 aliphatic heterocycles. The number of nitrogens with two attached hydrogens (primary N) is 1. The van der Waals surface area contributed by atoms with Crippen LogP contribution in [0.4, 0.5) is 0 Å². The maximum Gasteiger partial charge on any atom is 0.234 e. The van der Waals surface area contributed by atoms with E-state index in [1.807, 2.05) is 0 Å². The Bertz CT molecular complexity index is 253. The van der Waals surface area contributed by atoms with E-state index >= 15 is 0 Å². The van der Waals surface area contributed by atoms with E-state index in [0.717, 1.165) is 19.3 Å². The molecule has 0 aliphatic carbocycles. The van der Waals surface area contributed by atoms with Crippen LogP contribution >= 0.6 is 0 Å². The van der Waals surface area contributed by atoms with Gasteiger partial charge >= 0.3 is 0 Å². The van der Waals surface area contributed by atoms with E-state index < -0.39 is 0 Å². The molecule has 1 saturated heterocycles. The molecule has 1 rings (SSSR count). The number of carbonyl (C=O) groups is 1. The van der Waals surface area contributed by atoms with Gasteiger partial charge in [0.15, 0.2) is 0 Å². The quantitative estimate of drug-likeness (QED) is 0.756. The summed E-state index contributed by atoms with van der Waals surface area (Å²) in [6.45, 7) is 7.58. The summed E-state index contributed by atoms with van der Waals surface area (Å²) in [7, 11) is 0. The Balaban J connectivity index is 2.49. The van der Waals surface area contributed by atoms with Gasteiger partial charge in [0, 0.05) is 24.7 Å². The number of rotatable bonds is 6. The monoisotopic (exact) mass is 255 g/mol. The van der Waals surface area contributed by atoms with E-state index in [1.54, 1.807) is 0 Å². The van der Waals surface area contributed by atoms with E-state index in [4.69, 9.17) is 5.73 Å². The fraction of sp³-hybridized carbons (Fsp3) is 0.929. The predicted molar refractivity (Wildman–Crippen MR) is 75.4 cm³/mol. The third kappa shape index (κ3) is 4.25. The molecule has 1 aliphatic rings. The van der Waals surface area contributed by atoms with Crippen LogP contribution in [-0.4, -0.2) is 42.0 Å². The number of likely N-dealkylation sites (tertiary alicyclic amines) is 1. The number of nitrogens with zero attached hydrogens (tertiary/aromatic N) is 1. The zero-order valence-electron chi connectivity index (χ0n) is 12.1. The number of hydrogen-bond donors (Lipinski definition) is 2.